The van der Waals surface area contributed by atoms with Crippen molar-refractivity contribution in [3.05, 3.63) is 28.2 Å². The third kappa shape index (κ3) is 2.77. The van der Waals surface area contributed by atoms with Gasteiger partial charge >= 0.3 is 0 Å². The molecule has 1 aliphatic heterocycles. The van der Waals surface area contributed by atoms with E-state index in [1.165, 1.54) is 0 Å². The third-order valence-electron chi connectivity index (χ3n) is 2.61. The molecule has 1 saturated heterocycles. The molecule has 0 atom stereocenters. The normalized spacial score (nSPS) is 19.9. The van der Waals surface area contributed by atoms with Gasteiger partial charge in [0.2, 0.25) is 0 Å². The Kier molecular flexibility index (Phi) is 3.27. The van der Waals surface area contributed by atoms with Gasteiger partial charge in [-0.15, -0.1) is 0 Å². The Morgan fingerprint density at radius 1 is 1.12 bits per heavy atom. The van der Waals surface area contributed by atoms with Crippen LogP contribution in [0.3, 0.4) is 0 Å². The quantitative estimate of drug-likeness (QED) is 0.735. The molecule has 1 heterocycles. The lowest BCUT2D eigenvalue weighted by atomic mass is 10.1. The minimum Gasteiger partial charge on any atom is -0.365 e. The van der Waals surface area contributed by atoms with Crippen molar-refractivity contribution in [3.8, 4) is 0 Å². The number of hydrogen-bond donors (Lipinski definition) is 0. The largest absolute Gasteiger partial charge is 0.365 e. The summed E-state index contributed by atoms with van der Waals surface area (Å²) in [6.45, 7) is 0.357. The number of halogens is 4. The maximum atomic E-state index is 13.2. The fraction of sp³-hybridized carbons (Fsp3) is 0.455. The Hall–Kier alpha value is -0.540. The summed E-state index contributed by atoms with van der Waals surface area (Å²) in [5.41, 5.74) is 0.664. The van der Waals surface area contributed by atoms with E-state index < -0.39 is 5.92 Å². The SMILES string of the molecule is FC1(F)CCCN(c2cc(Cl)cc(Cl)c2)C1. The predicted molar refractivity (Wildman–Crippen MR) is 62.9 cm³/mol. The number of hydrogen-bond acceptors (Lipinski definition) is 1. The van der Waals surface area contributed by atoms with Crippen LogP contribution in [0.2, 0.25) is 10.0 Å². The number of nitrogens with zero attached hydrogens (tertiary/aromatic N) is 1. The first-order chi connectivity index (χ1) is 7.46. The van der Waals surface area contributed by atoms with E-state index in [1.54, 1.807) is 23.1 Å². The number of piperidine rings is 1. The van der Waals surface area contributed by atoms with E-state index in [4.69, 9.17) is 23.2 Å². The molecular weight excluding hydrogens is 255 g/mol. The Labute approximate surface area is 103 Å². The van der Waals surface area contributed by atoms with Gasteiger partial charge in [0.1, 0.15) is 0 Å². The van der Waals surface area contributed by atoms with Crippen molar-refractivity contribution >= 4 is 28.9 Å². The Morgan fingerprint density at radius 3 is 2.31 bits per heavy atom. The van der Waals surface area contributed by atoms with Crippen LogP contribution in [0.25, 0.3) is 0 Å². The summed E-state index contributed by atoms with van der Waals surface area (Å²) >= 11 is 11.7. The molecule has 16 heavy (non-hydrogen) atoms. The summed E-state index contributed by atoms with van der Waals surface area (Å²) in [5.74, 6) is -2.62. The number of rotatable bonds is 1. The lowest BCUT2D eigenvalue weighted by Crippen LogP contribution is -2.42. The fourth-order valence-electron chi connectivity index (χ4n) is 1.91. The first-order valence-electron chi connectivity index (χ1n) is 5.05. The van der Waals surface area contributed by atoms with Gasteiger partial charge in [0.15, 0.2) is 0 Å². The topological polar surface area (TPSA) is 3.24 Å². The van der Waals surface area contributed by atoms with Crippen molar-refractivity contribution in [1.29, 1.82) is 0 Å². The summed E-state index contributed by atoms with van der Waals surface area (Å²) in [7, 11) is 0. The molecule has 1 aliphatic rings. The van der Waals surface area contributed by atoms with Gasteiger partial charge < -0.3 is 4.90 Å². The van der Waals surface area contributed by atoms with E-state index >= 15 is 0 Å². The zero-order chi connectivity index (χ0) is 11.8. The number of benzene rings is 1. The van der Waals surface area contributed by atoms with Crippen LogP contribution in [0.4, 0.5) is 14.5 Å². The van der Waals surface area contributed by atoms with Crippen molar-refractivity contribution < 1.29 is 8.78 Å². The van der Waals surface area contributed by atoms with Crippen LogP contribution < -0.4 is 4.90 Å². The van der Waals surface area contributed by atoms with Gasteiger partial charge in [0.25, 0.3) is 5.92 Å². The lowest BCUT2D eigenvalue weighted by molar-refractivity contribution is -0.0116. The molecule has 5 heteroatoms. The Balaban J connectivity index is 2.23. The smallest absolute Gasteiger partial charge is 0.265 e. The second-order valence-corrected chi connectivity index (χ2v) is 4.88. The third-order valence-corrected chi connectivity index (χ3v) is 3.04. The van der Waals surface area contributed by atoms with Crippen LogP contribution >= 0.6 is 23.2 Å². The summed E-state index contributed by atoms with van der Waals surface area (Å²) in [6, 6.07) is 4.92. The van der Waals surface area contributed by atoms with Crippen molar-refractivity contribution in [2.75, 3.05) is 18.0 Å². The van der Waals surface area contributed by atoms with Crippen molar-refractivity contribution in [3.63, 3.8) is 0 Å². The first kappa shape index (κ1) is 11.9. The minimum atomic E-state index is -2.62. The van der Waals surface area contributed by atoms with E-state index in [0.717, 1.165) is 0 Å². The van der Waals surface area contributed by atoms with E-state index in [9.17, 15) is 8.78 Å². The Bertz CT molecular complexity index is 375. The standard InChI is InChI=1S/C11H11Cl2F2N/c12-8-4-9(13)6-10(5-8)16-3-1-2-11(14,15)7-16/h4-6H,1-3,7H2. The number of alkyl halides is 2. The van der Waals surface area contributed by atoms with Gasteiger partial charge in [-0.1, -0.05) is 23.2 Å². The highest BCUT2D eigenvalue weighted by molar-refractivity contribution is 6.35. The van der Waals surface area contributed by atoms with E-state index in [1.807, 2.05) is 0 Å². The molecule has 0 aliphatic carbocycles. The predicted octanol–water partition coefficient (Wildman–Crippen LogP) is 4.23. The van der Waals surface area contributed by atoms with Gasteiger partial charge in [-0.3, -0.25) is 0 Å². The molecular formula is C11H11Cl2F2N. The van der Waals surface area contributed by atoms with Crippen molar-refractivity contribution in [2.24, 2.45) is 0 Å². The van der Waals surface area contributed by atoms with Crippen LogP contribution in [0, 0.1) is 0 Å². The second-order valence-electron chi connectivity index (χ2n) is 4.01. The molecule has 2 rings (SSSR count). The zero-order valence-corrected chi connectivity index (χ0v) is 10.0. The average molecular weight is 266 g/mol. The van der Waals surface area contributed by atoms with Gasteiger partial charge in [0, 0.05) is 28.7 Å². The molecule has 1 aromatic rings. The highest BCUT2D eigenvalue weighted by Gasteiger charge is 2.35. The maximum absolute atomic E-state index is 13.2. The first-order valence-corrected chi connectivity index (χ1v) is 5.81. The van der Waals surface area contributed by atoms with E-state index in [2.05, 4.69) is 0 Å². The lowest BCUT2D eigenvalue weighted by Gasteiger charge is -2.34. The highest BCUT2D eigenvalue weighted by Crippen LogP contribution is 2.32. The van der Waals surface area contributed by atoms with Gasteiger partial charge in [-0.25, -0.2) is 8.78 Å². The summed E-state index contributed by atoms with van der Waals surface area (Å²) in [5, 5.41) is 0.938. The molecule has 0 spiro atoms. The molecule has 0 unspecified atom stereocenters. The molecule has 1 aromatic carbocycles. The molecule has 0 N–H and O–H groups in total. The fourth-order valence-corrected chi connectivity index (χ4v) is 2.42. The maximum Gasteiger partial charge on any atom is 0.265 e. The molecule has 0 aromatic heterocycles. The molecule has 0 radical (unpaired) electrons. The Morgan fingerprint density at radius 2 is 1.75 bits per heavy atom. The second kappa shape index (κ2) is 4.38. The van der Waals surface area contributed by atoms with E-state index in [0.29, 0.717) is 28.7 Å². The van der Waals surface area contributed by atoms with Crippen molar-refractivity contribution in [2.45, 2.75) is 18.8 Å². The molecule has 1 fully saturated rings. The molecule has 0 saturated carbocycles. The van der Waals surface area contributed by atoms with Crippen LogP contribution in [0.15, 0.2) is 18.2 Å². The van der Waals surface area contributed by atoms with Crippen LogP contribution in [-0.4, -0.2) is 19.0 Å². The van der Waals surface area contributed by atoms with E-state index in [-0.39, 0.29) is 13.0 Å². The number of anilines is 1. The average Bonchev–Trinajstić information content (AvgIpc) is 2.14. The molecule has 0 amide bonds. The monoisotopic (exact) mass is 265 g/mol. The van der Waals surface area contributed by atoms with Gasteiger partial charge in [0.05, 0.1) is 6.54 Å². The van der Waals surface area contributed by atoms with Crippen LogP contribution in [0.5, 0.6) is 0 Å². The minimum absolute atomic E-state index is 0.0439. The molecule has 88 valence electrons. The van der Waals surface area contributed by atoms with Gasteiger partial charge in [-0.05, 0) is 24.6 Å². The van der Waals surface area contributed by atoms with Crippen LogP contribution in [-0.2, 0) is 0 Å². The highest BCUT2D eigenvalue weighted by atomic mass is 35.5. The molecule has 1 nitrogen and oxygen atoms in total. The molecule has 0 bridgehead atoms. The van der Waals surface area contributed by atoms with Crippen molar-refractivity contribution in [1.82, 2.24) is 0 Å². The summed E-state index contributed by atoms with van der Waals surface area (Å²) in [4.78, 5) is 1.63. The summed E-state index contributed by atoms with van der Waals surface area (Å²) < 4.78 is 26.5. The summed E-state index contributed by atoms with van der Waals surface area (Å²) in [6.07, 6.45) is 0.439. The zero-order valence-electron chi connectivity index (χ0n) is 8.52. The van der Waals surface area contributed by atoms with Crippen LogP contribution in [0.1, 0.15) is 12.8 Å². The van der Waals surface area contributed by atoms with Gasteiger partial charge in [-0.2, -0.15) is 0 Å².